The van der Waals surface area contributed by atoms with Crippen LogP contribution in [0.1, 0.15) is 24.3 Å². The number of ether oxygens (including phenoxy) is 1. The highest BCUT2D eigenvalue weighted by Crippen LogP contribution is 2.34. The Labute approximate surface area is 105 Å². The number of carbonyl (C=O) groups excluding carboxylic acids is 2. The first-order valence-electron chi connectivity index (χ1n) is 6.00. The van der Waals surface area contributed by atoms with Gasteiger partial charge in [-0.1, -0.05) is 0 Å². The van der Waals surface area contributed by atoms with Crippen molar-refractivity contribution in [3.8, 4) is 0 Å². The molecule has 1 saturated heterocycles. The van der Waals surface area contributed by atoms with Crippen LogP contribution >= 0.6 is 0 Å². The number of aromatic nitrogens is 1. The van der Waals surface area contributed by atoms with Crippen LogP contribution in [-0.4, -0.2) is 41.5 Å². The first-order valence-corrected chi connectivity index (χ1v) is 6.00. The fourth-order valence-electron chi connectivity index (χ4n) is 2.72. The summed E-state index contributed by atoms with van der Waals surface area (Å²) in [7, 11) is 1.34. The number of esters is 1. The quantitative estimate of drug-likeness (QED) is 0.751. The first-order chi connectivity index (χ1) is 8.72. The van der Waals surface area contributed by atoms with Crippen molar-refractivity contribution in [3.05, 3.63) is 24.0 Å². The number of hydrogen-bond acceptors (Lipinski definition) is 4. The number of hydrogen-bond donors (Lipinski definition) is 1. The van der Waals surface area contributed by atoms with E-state index in [-0.39, 0.29) is 24.5 Å². The van der Waals surface area contributed by atoms with Crippen LogP contribution in [0.5, 0.6) is 0 Å². The Hall–Kier alpha value is -1.82. The number of nitrogens with one attached hydrogen (secondary N) is 1. The molecular weight excluding hydrogens is 234 g/mol. The lowest BCUT2D eigenvalue weighted by molar-refractivity contribution is -0.148. The van der Waals surface area contributed by atoms with Crippen LogP contribution in [0.15, 0.2) is 18.3 Å². The summed E-state index contributed by atoms with van der Waals surface area (Å²) in [6.07, 6.45) is 1.87. The molecule has 2 aliphatic heterocycles. The number of fused-ring (bicyclic) bond motifs is 3. The van der Waals surface area contributed by atoms with Gasteiger partial charge in [0, 0.05) is 19.3 Å². The van der Waals surface area contributed by atoms with Crippen LogP contribution in [0.3, 0.4) is 0 Å². The van der Waals surface area contributed by atoms with Gasteiger partial charge in [-0.15, -0.1) is 0 Å². The van der Waals surface area contributed by atoms with Crippen molar-refractivity contribution in [1.82, 2.24) is 14.8 Å². The van der Waals surface area contributed by atoms with Gasteiger partial charge in [0.1, 0.15) is 12.2 Å². The monoisotopic (exact) mass is 249 g/mol. The minimum Gasteiger partial charge on any atom is -0.469 e. The normalized spacial score (nSPS) is 25.8. The lowest BCUT2D eigenvalue weighted by atomic mass is 10.1. The molecular formula is C12H15N3O3. The molecule has 1 amide bonds. The molecule has 1 aromatic heterocycles. The average Bonchev–Trinajstić information content (AvgIpc) is 3.00. The lowest BCUT2D eigenvalue weighted by Gasteiger charge is -2.35. The topological polar surface area (TPSA) is 63.6 Å². The molecule has 18 heavy (non-hydrogen) atoms. The molecule has 2 atom stereocenters. The molecule has 3 heterocycles. The molecule has 1 N–H and O–H groups in total. The number of carbonyl (C=O) groups is 2. The molecule has 1 aromatic rings. The fraction of sp³-hybridized carbons (Fsp3) is 0.500. The highest BCUT2D eigenvalue weighted by Gasteiger charge is 2.42. The molecule has 6 heteroatoms. The number of amides is 1. The SMILES string of the molecule is COC(=O)C[C@H]1C(=O)N2CCNC2c2cccn21. The van der Waals surface area contributed by atoms with Gasteiger partial charge in [-0.3, -0.25) is 14.9 Å². The van der Waals surface area contributed by atoms with Crippen LogP contribution in [0.25, 0.3) is 0 Å². The molecule has 0 radical (unpaired) electrons. The third kappa shape index (κ3) is 1.53. The van der Waals surface area contributed by atoms with E-state index in [9.17, 15) is 9.59 Å². The highest BCUT2D eigenvalue weighted by atomic mass is 16.5. The summed E-state index contributed by atoms with van der Waals surface area (Å²) in [6.45, 7) is 1.47. The van der Waals surface area contributed by atoms with Crippen molar-refractivity contribution in [1.29, 1.82) is 0 Å². The van der Waals surface area contributed by atoms with Gasteiger partial charge >= 0.3 is 5.97 Å². The van der Waals surface area contributed by atoms with E-state index in [1.54, 1.807) is 4.90 Å². The molecule has 0 aromatic carbocycles. The molecule has 0 saturated carbocycles. The summed E-state index contributed by atoms with van der Waals surface area (Å²) in [6, 6.07) is 3.40. The Morgan fingerprint density at radius 1 is 1.61 bits per heavy atom. The van der Waals surface area contributed by atoms with Crippen LogP contribution in [0.4, 0.5) is 0 Å². The third-order valence-corrected chi connectivity index (χ3v) is 3.59. The maximum Gasteiger partial charge on any atom is 0.308 e. The molecule has 6 nitrogen and oxygen atoms in total. The minimum absolute atomic E-state index is 0.0147. The summed E-state index contributed by atoms with van der Waals surface area (Å²) >= 11 is 0. The number of methoxy groups -OCH3 is 1. The molecule has 0 aliphatic carbocycles. The third-order valence-electron chi connectivity index (χ3n) is 3.59. The van der Waals surface area contributed by atoms with Gasteiger partial charge in [0.05, 0.1) is 19.2 Å². The molecule has 0 bridgehead atoms. The fourth-order valence-corrected chi connectivity index (χ4v) is 2.72. The van der Waals surface area contributed by atoms with E-state index in [1.165, 1.54) is 7.11 Å². The van der Waals surface area contributed by atoms with E-state index in [0.29, 0.717) is 6.54 Å². The molecule has 96 valence electrons. The van der Waals surface area contributed by atoms with E-state index in [0.717, 1.165) is 12.2 Å². The van der Waals surface area contributed by atoms with Crippen molar-refractivity contribution < 1.29 is 14.3 Å². The second-order valence-corrected chi connectivity index (χ2v) is 4.52. The van der Waals surface area contributed by atoms with E-state index in [2.05, 4.69) is 10.1 Å². The predicted octanol–water partition coefficient (Wildman–Crippen LogP) is 0.0363. The van der Waals surface area contributed by atoms with Crippen LogP contribution in [-0.2, 0) is 14.3 Å². The largest absolute Gasteiger partial charge is 0.469 e. The van der Waals surface area contributed by atoms with Crippen LogP contribution in [0, 0.1) is 0 Å². The maximum atomic E-state index is 12.4. The van der Waals surface area contributed by atoms with E-state index in [1.807, 2.05) is 22.9 Å². The second-order valence-electron chi connectivity index (χ2n) is 4.52. The highest BCUT2D eigenvalue weighted by molar-refractivity contribution is 5.86. The second kappa shape index (κ2) is 4.13. The zero-order valence-electron chi connectivity index (χ0n) is 10.1. The van der Waals surface area contributed by atoms with E-state index < -0.39 is 6.04 Å². The summed E-state index contributed by atoms with van der Waals surface area (Å²) < 4.78 is 6.54. The summed E-state index contributed by atoms with van der Waals surface area (Å²) in [5.41, 5.74) is 1.03. The van der Waals surface area contributed by atoms with E-state index >= 15 is 0 Å². The van der Waals surface area contributed by atoms with Gasteiger partial charge in [0.15, 0.2) is 0 Å². The first kappa shape index (κ1) is 11.3. The Kier molecular flexibility index (Phi) is 2.59. The molecule has 1 fully saturated rings. The van der Waals surface area contributed by atoms with Gasteiger partial charge in [-0.25, -0.2) is 0 Å². The van der Waals surface area contributed by atoms with Gasteiger partial charge < -0.3 is 14.2 Å². The van der Waals surface area contributed by atoms with Crippen molar-refractivity contribution in [3.63, 3.8) is 0 Å². The van der Waals surface area contributed by atoms with Gasteiger partial charge in [-0.05, 0) is 12.1 Å². The summed E-state index contributed by atoms with van der Waals surface area (Å²) in [4.78, 5) is 25.6. The van der Waals surface area contributed by atoms with Crippen LogP contribution < -0.4 is 5.32 Å². The number of nitrogens with zero attached hydrogens (tertiary/aromatic N) is 2. The van der Waals surface area contributed by atoms with Gasteiger partial charge in [0.2, 0.25) is 5.91 Å². The smallest absolute Gasteiger partial charge is 0.308 e. The molecule has 3 rings (SSSR count). The zero-order valence-corrected chi connectivity index (χ0v) is 10.1. The molecule has 1 unspecified atom stereocenters. The van der Waals surface area contributed by atoms with Crippen molar-refractivity contribution in [2.45, 2.75) is 18.6 Å². The Morgan fingerprint density at radius 3 is 3.22 bits per heavy atom. The Morgan fingerprint density at radius 2 is 2.44 bits per heavy atom. The lowest BCUT2D eigenvalue weighted by Crippen LogP contribution is -2.45. The van der Waals surface area contributed by atoms with Gasteiger partial charge in [0.25, 0.3) is 0 Å². The standard InChI is InChI=1S/C12H15N3O3/c1-18-10(16)7-9-12(17)15-6-4-13-11(15)8-3-2-5-14(8)9/h2-3,5,9,11,13H,4,6-7H2,1H3/t9-,11?/m0/s1. The Balaban J connectivity index is 1.97. The molecule has 2 aliphatic rings. The van der Waals surface area contributed by atoms with Crippen molar-refractivity contribution >= 4 is 11.9 Å². The van der Waals surface area contributed by atoms with Crippen molar-refractivity contribution in [2.75, 3.05) is 20.2 Å². The minimum atomic E-state index is -0.474. The average molecular weight is 249 g/mol. The Bertz CT molecular complexity index is 497. The zero-order chi connectivity index (χ0) is 12.7. The molecule has 0 spiro atoms. The van der Waals surface area contributed by atoms with Crippen LogP contribution in [0.2, 0.25) is 0 Å². The van der Waals surface area contributed by atoms with Crippen molar-refractivity contribution in [2.24, 2.45) is 0 Å². The number of rotatable bonds is 2. The van der Waals surface area contributed by atoms with E-state index in [4.69, 9.17) is 0 Å². The van der Waals surface area contributed by atoms with Gasteiger partial charge in [-0.2, -0.15) is 0 Å². The summed E-state index contributed by atoms with van der Waals surface area (Å²) in [5.74, 6) is -0.377. The maximum absolute atomic E-state index is 12.4. The predicted molar refractivity (Wildman–Crippen MR) is 62.6 cm³/mol. The summed E-state index contributed by atoms with van der Waals surface area (Å²) in [5, 5.41) is 3.29.